The van der Waals surface area contributed by atoms with Gasteiger partial charge in [0.1, 0.15) is 0 Å². The van der Waals surface area contributed by atoms with Gasteiger partial charge in [-0.05, 0) is 0 Å². The Bertz CT molecular complexity index is 134. The van der Waals surface area contributed by atoms with Gasteiger partial charge in [-0.15, -0.1) is 0 Å². The molecule has 74 valence electrons. The molecule has 0 saturated heterocycles. The largest absolute Gasteiger partial charge is 0.454 e. The summed E-state index contributed by atoms with van der Waals surface area (Å²) in [4.78, 5) is 0. The average Bonchev–Trinajstić information content (AvgIpc) is 1.85. The lowest BCUT2D eigenvalue weighted by atomic mass is 10.3. The Labute approximate surface area is 65.4 Å². The van der Waals surface area contributed by atoms with E-state index in [1.54, 1.807) is 5.32 Å². The molecule has 0 aliphatic rings. The minimum absolute atomic E-state index is 0.286. The van der Waals surface area contributed by atoms with E-state index in [4.69, 9.17) is 5.11 Å². The number of hydrogen-bond acceptors (Lipinski definition) is 2. The number of rotatable bonds is 4. The molecule has 0 rings (SSSR count). The molecule has 0 aromatic rings. The van der Waals surface area contributed by atoms with E-state index in [0.717, 1.165) is 0 Å². The van der Waals surface area contributed by atoms with Crippen LogP contribution in [0.5, 0.6) is 0 Å². The van der Waals surface area contributed by atoms with Crippen LogP contribution in [0.1, 0.15) is 0 Å². The first-order valence-corrected chi connectivity index (χ1v) is 3.07. The lowest BCUT2D eigenvalue weighted by molar-refractivity contribution is -0.279. The molecule has 0 fully saturated rings. The number of aliphatic hydroxyl groups excluding tert-OH is 1. The van der Waals surface area contributed by atoms with Gasteiger partial charge in [-0.1, -0.05) is 0 Å². The monoisotopic (exact) mass is 193 g/mol. The summed E-state index contributed by atoms with van der Waals surface area (Å²) >= 11 is 0. The van der Waals surface area contributed by atoms with Crippen molar-refractivity contribution in [3.05, 3.63) is 0 Å². The number of hydrogen-bond donors (Lipinski definition) is 2. The van der Waals surface area contributed by atoms with Gasteiger partial charge in [0.15, 0.2) is 0 Å². The van der Waals surface area contributed by atoms with Gasteiger partial charge in [0.2, 0.25) is 0 Å². The summed E-state index contributed by atoms with van der Waals surface area (Å²) in [6.07, 6.45) is -5.53. The fraction of sp³-hybridized carbons (Fsp3) is 1.00. The van der Waals surface area contributed by atoms with Crippen molar-refractivity contribution < 1.29 is 27.1 Å². The van der Waals surface area contributed by atoms with Crippen LogP contribution in [0.15, 0.2) is 0 Å². The quantitative estimate of drug-likeness (QED) is 0.510. The summed E-state index contributed by atoms with van der Waals surface area (Å²) in [5, 5.41) is 9.84. The lowest BCUT2D eigenvalue weighted by Gasteiger charge is -2.19. The molecule has 0 amide bonds. The topological polar surface area (TPSA) is 32.3 Å². The van der Waals surface area contributed by atoms with E-state index in [0.29, 0.717) is 0 Å². The van der Waals surface area contributed by atoms with E-state index >= 15 is 0 Å². The summed E-state index contributed by atoms with van der Waals surface area (Å²) in [6, 6.07) is 0. The summed E-state index contributed by atoms with van der Waals surface area (Å²) in [5.41, 5.74) is 0. The van der Waals surface area contributed by atoms with Gasteiger partial charge in [0.25, 0.3) is 0 Å². The molecule has 0 heterocycles. The second-order valence-electron chi connectivity index (χ2n) is 2.10. The zero-order valence-corrected chi connectivity index (χ0v) is 5.96. The van der Waals surface area contributed by atoms with Gasteiger partial charge < -0.3 is 10.4 Å². The van der Waals surface area contributed by atoms with Gasteiger partial charge in [-0.3, -0.25) is 0 Å². The molecular formula is C5H8F5NO. The maximum Gasteiger partial charge on any atom is 0.454 e. The Morgan fingerprint density at radius 2 is 1.58 bits per heavy atom. The summed E-state index contributed by atoms with van der Waals surface area (Å²) in [7, 11) is 0. The molecule has 0 spiro atoms. The van der Waals surface area contributed by atoms with E-state index in [9.17, 15) is 22.0 Å². The van der Waals surface area contributed by atoms with Crippen LogP contribution < -0.4 is 5.32 Å². The molecular weight excluding hydrogens is 185 g/mol. The fourth-order valence-electron chi connectivity index (χ4n) is 0.425. The normalized spacial score (nSPS) is 13.5. The molecule has 0 unspecified atom stereocenters. The predicted octanol–water partition coefficient (Wildman–Crippen LogP) is 0.766. The number of alkyl halides is 5. The van der Waals surface area contributed by atoms with E-state index < -0.39 is 25.3 Å². The van der Waals surface area contributed by atoms with Crippen molar-refractivity contribution in [3.63, 3.8) is 0 Å². The Hall–Kier alpha value is -0.430. The third-order valence-corrected chi connectivity index (χ3v) is 1.05. The highest BCUT2D eigenvalue weighted by Gasteiger charge is 2.56. The minimum Gasteiger partial charge on any atom is -0.395 e. The highest BCUT2D eigenvalue weighted by atomic mass is 19.4. The maximum atomic E-state index is 12.0. The Balaban J connectivity index is 3.88. The average molecular weight is 193 g/mol. The molecule has 0 saturated carbocycles. The van der Waals surface area contributed by atoms with Crippen LogP contribution in [0.4, 0.5) is 22.0 Å². The fourth-order valence-corrected chi connectivity index (χ4v) is 0.425. The van der Waals surface area contributed by atoms with Gasteiger partial charge in [0.05, 0.1) is 13.2 Å². The standard InChI is InChI=1S/C5H8F5NO/c6-4(7,5(8,9)10)3-11-1-2-12/h11-12H,1-3H2. The van der Waals surface area contributed by atoms with Crippen LogP contribution in [0.2, 0.25) is 0 Å². The highest BCUT2D eigenvalue weighted by molar-refractivity contribution is 4.77. The molecule has 0 aromatic carbocycles. The molecule has 0 aromatic heterocycles. The lowest BCUT2D eigenvalue weighted by Crippen LogP contribution is -2.45. The van der Waals surface area contributed by atoms with Crippen molar-refractivity contribution in [2.24, 2.45) is 0 Å². The van der Waals surface area contributed by atoms with Gasteiger partial charge in [0, 0.05) is 6.54 Å². The van der Waals surface area contributed by atoms with Gasteiger partial charge >= 0.3 is 12.1 Å². The minimum atomic E-state index is -5.53. The van der Waals surface area contributed by atoms with Crippen LogP contribution >= 0.6 is 0 Å². The molecule has 2 N–H and O–H groups in total. The molecule has 0 aliphatic heterocycles. The third-order valence-electron chi connectivity index (χ3n) is 1.05. The van der Waals surface area contributed by atoms with Crippen LogP contribution in [0.3, 0.4) is 0 Å². The Kier molecular flexibility index (Phi) is 3.85. The molecule has 7 heteroatoms. The second kappa shape index (κ2) is 3.99. The number of aliphatic hydroxyl groups is 1. The first kappa shape index (κ1) is 11.6. The predicted molar refractivity (Wildman–Crippen MR) is 31.0 cm³/mol. The summed E-state index contributed by atoms with van der Waals surface area (Å²) < 4.78 is 58.2. The van der Waals surface area contributed by atoms with Crippen LogP contribution in [-0.2, 0) is 0 Å². The first-order valence-electron chi connectivity index (χ1n) is 3.07. The van der Waals surface area contributed by atoms with E-state index in [1.165, 1.54) is 0 Å². The van der Waals surface area contributed by atoms with Crippen LogP contribution in [0, 0.1) is 0 Å². The Morgan fingerprint density at radius 1 is 1.08 bits per heavy atom. The van der Waals surface area contributed by atoms with Gasteiger partial charge in [-0.2, -0.15) is 22.0 Å². The number of nitrogens with one attached hydrogen (secondary N) is 1. The van der Waals surface area contributed by atoms with Crippen molar-refractivity contribution in [1.29, 1.82) is 0 Å². The van der Waals surface area contributed by atoms with Crippen molar-refractivity contribution >= 4 is 0 Å². The second-order valence-corrected chi connectivity index (χ2v) is 2.10. The molecule has 0 atom stereocenters. The van der Waals surface area contributed by atoms with E-state index in [1.807, 2.05) is 0 Å². The van der Waals surface area contributed by atoms with Crippen molar-refractivity contribution in [3.8, 4) is 0 Å². The van der Waals surface area contributed by atoms with Crippen molar-refractivity contribution in [2.45, 2.75) is 12.1 Å². The first-order chi connectivity index (χ1) is 5.31. The van der Waals surface area contributed by atoms with Crippen LogP contribution in [-0.4, -0.2) is 36.9 Å². The SMILES string of the molecule is OCCNCC(F)(F)C(F)(F)F. The van der Waals surface area contributed by atoms with Gasteiger partial charge in [-0.25, -0.2) is 0 Å². The summed E-state index contributed by atoms with van der Waals surface area (Å²) in [5.74, 6) is -4.73. The molecule has 0 bridgehead atoms. The smallest absolute Gasteiger partial charge is 0.395 e. The Morgan fingerprint density at radius 3 is 1.92 bits per heavy atom. The molecule has 0 aliphatic carbocycles. The van der Waals surface area contributed by atoms with Crippen molar-refractivity contribution in [1.82, 2.24) is 5.32 Å². The van der Waals surface area contributed by atoms with E-state index in [-0.39, 0.29) is 6.54 Å². The summed E-state index contributed by atoms with van der Waals surface area (Å²) in [6.45, 7) is -2.27. The zero-order valence-electron chi connectivity index (χ0n) is 5.96. The third kappa shape index (κ3) is 3.31. The van der Waals surface area contributed by atoms with Crippen LogP contribution in [0.25, 0.3) is 0 Å². The maximum absolute atomic E-state index is 12.0. The highest BCUT2D eigenvalue weighted by Crippen LogP contribution is 2.34. The molecule has 12 heavy (non-hydrogen) atoms. The number of halogens is 5. The van der Waals surface area contributed by atoms with Crippen molar-refractivity contribution in [2.75, 3.05) is 19.7 Å². The zero-order chi connectivity index (χ0) is 9.83. The molecule has 2 nitrogen and oxygen atoms in total. The van der Waals surface area contributed by atoms with E-state index in [2.05, 4.69) is 0 Å². The molecule has 0 radical (unpaired) electrons.